The van der Waals surface area contributed by atoms with Gasteiger partial charge in [0, 0.05) is 15.8 Å². The third kappa shape index (κ3) is 4.61. The van der Waals surface area contributed by atoms with Crippen molar-refractivity contribution in [1.29, 1.82) is 0 Å². The normalized spacial score (nSPS) is 14.1. The van der Waals surface area contributed by atoms with Crippen LogP contribution < -0.4 is 5.32 Å². The van der Waals surface area contributed by atoms with E-state index >= 15 is 0 Å². The molecule has 0 aromatic carbocycles. The summed E-state index contributed by atoms with van der Waals surface area (Å²) in [6, 6.07) is 5.20. The monoisotopic (exact) mass is 281 g/mol. The number of hydrogen-bond acceptors (Lipinski definition) is 2. The lowest BCUT2D eigenvalue weighted by molar-refractivity contribution is 0.346. The summed E-state index contributed by atoms with van der Waals surface area (Å²) in [5, 5.41) is 3.76. The summed E-state index contributed by atoms with van der Waals surface area (Å²) in [7, 11) is 0. The molecule has 2 heteroatoms. The summed E-state index contributed by atoms with van der Waals surface area (Å²) in [5.41, 5.74) is 0.270. The van der Waals surface area contributed by atoms with Gasteiger partial charge in [0.05, 0.1) is 0 Å². The minimum absolute atomic E-state index is 0.270. The number of thiophene rings is 1. The first-order valence-corrected chi connectivity index (χ1v) is 8.59. The van der Waals surface area contributed by atoms with Crippen molar-refractivity contribution in [2.75, 3.05) is 6.54 Å². The van der Waals surface area contributed by atoms with Crippen LogP contribution in [0, 0.1) is 5.92 Å². The Morgan fingerprint density at radius 3 is 2.16 bits per heavy atom. The van der Waals surface area contributed by atoms with Crippen molar-refractivity contribution in [3.63, 3.8) is 0 Å². The summed E-state index contributed by atoms with van der Waals surface area (Å²) < 4.78 is 0. The lowest BCUT2D eigenvalue weighted by atomic mass is 9.92. The van der Waals surface area contributed by atoms with Gasteiger partial charge < -0.3 is 5.32 Å². The van der Waals surface area contributed by atoms with E-state index in [1.807, 2.05) is 11.3 Å². The van der Waals surface area contributed by atoms with E-state index in [2.05, 4.69) is 59.0 Å². The number of nitrogens with one attached hydrogen (secondary N) is 1. The van der Waals surface area contributed by atoms with Gasteiger partial charge in [0.25, 0.3) is 0 Å². The molecule has 0 aliphatic rings. The highest BCUT2D eigenvalue weighted by Gasteiger charge is 2.23. The minimum atomic E-state index is 0.270. The zero-order chi connectivity index (χ0) is 14.5. The Bertz CT molecular complexity index is 358. The van der Waals surface area contributed by atoms with E-state index in [-0.39, 0.29) is 5.41 Å². The van der Waals surface area contributed by atoms with Crippen molar-refractivity contribution in [2.45, 2.75) is 72.3 Å². The summed E-state index contributed by atoms with van der Waals surface area (Å²) in [6.45, 7) is 14.9. The van der Waals surface area contributed by atoms with Gasteiger partial charge in [-0.15, -0.1) is 11.3 Å². The molecule has 0 amide bonds. The van der Waals surface area contributed by atoms with Crippen molar-refractivity contribution in [2.24, 2.45) is 5.92 Å². The van der Waals surface area contributed by atoms with Crippen LogP contribution >= 0.6 is 11.3 Å². The van der Waals surface area contributed by atoms with Gasteiger partial charge in [-0.25, -0.2) is 0 Å². The van der Waals surface area contributed by atoms with Crippen LogP contribution in [0.25, 0.3) is 0 Å². The van der Waals surface area contributed by atoms with Gasteiger partial charge in [-0.3, -0.25) is 0 Å². The molecule has 0 saturated heterocycles. The van der Waals surface area contributed by atoms with Crippen LogP contribution in [0.4, 0.5) is 0 Å². The molecule has 1 N–H and O–H groups in total. The highest BCUT2D eigenvalue weighted by molar-refractivity contribution is 7.12. The Labute approximate surface area is 123 Å². The standard InChI is InChI=1S/C17H31NS/c1-7-12-18-16(13(8-2)9-3)14-10-11-15(19-14)17(4,5)6/h10-11,13,16,18H,7-9,12H2,1-6H3. The average Bonchev–Trinajstić information content (AvgIpc) is 2.83. The molecule has 0 fully saturated rings. The molecular formula is C17H31NS. The molecule has 1 atom stereocenters. The van der Waals surface area contributed by atoms with Gasteiger partial charge in [-0.1, -0.05) is 54.4 Å². The Morgan fingerprint density at radius 1 is 1.11 bits per heavy atom. The first-order valence-electron chi connectivity index (χ1n) is 7.77. The van der Waals surface area contributed by atoms with Crippen molar-refractivity contribution in [3.05, 3.63) is 21.9 Å². The predicted octanol–water partition coefficient (Wildman–Crippen LogP) is 5.52. The molecule has 0 saturated carbocycles. The molecule has 1 aromatic heterocycles. The summed E-state index contributed by atoms with van der Waals surface area (Å²) in [4.78, 5) is 3.02. The van der Waals surface area contributed by atoms with E-state index in [4.69, 9.17) is 0 Å². The van der Waals surface area contributed by atoms with Gasteiger partial charge in [-0.2, -0.15) is 0 Å². The highest BCUT2D eigenvalue weighted by Crippen LogP contribution is 2.36. The van der Waals surface area contributed by atoms with Crippen molar-refractivity contribution < 1.29 is 0 Å². The summed E-state index contributed by atoms with van der Waals surface area (Å²) in [6.07, 6.45) is 3.70. The quantitative estimate of drug-likeness (QED) is 0.693. The van der Waals surface area contributed by atoms with Gasteiger partial charge in [0.2, 0.25) is 0 Å². The van der Waals surface area contributed by atoms with Gasteiger partial charge >= 0.3 is 0 Å². The maximum atomic E-state index is 3.76. The second kappa shape index (κ2) is 7.44. The van der Waals surface area contributed by atoms with Crippen LogP contribution in [0.3, 0.4) is 0 Å². The summed E-state index contributed by atoms with van der Waals surface area (Å²) >= 11 is 1.99. The first-order chi connectivity index (χ1) is 8.93. The van der Waals surface area contributed by atoms with Crippen molar-refractivity contribution in [3.8, 4) is 0 Å². The van der Waals surface area contributed by atoms with Crippen LogP contribution in [0.2, 0.25) is 0 Å². The molecule has 0 spiro atoms. The van der Waals surface area contributed by atoms with Crippen LogP contribution in [0.5, 0.6) is 0 Å². The summed E-state index contributed by atoms with van der Waals surface area (Å²) in [5.74, 6) is 0.748. The van der Waals surface area contributed by atoms with E-state index in [1.54, 1.807) is 0 Å². The molecule has 1 nitrogen and oxygen atoms in total. The molecule has 1 heterocycles. The fraction of sp³-hybridized carbons (Fsp3) is 0.765. The third-order valence-electron chi connectivity index (χ3n) is 3.81. The van der Waals surface area contributed by atoms with Crippen molar-refractivity contribution in [1.82, 2.24) is 5.32 Å². The first kappa shape index (κ1) is 16.7. The lowest BCUT2D eigenvalue weighted by Crippen LogP contribution is -2.27. The van der Waals surface area contributed by atoms with E-state index in [1.165, 1.54) is 29.0 Å². The lowest BCUT2D eigenvalue weighted by Gasteiger charge is -2.26. The smallest absolute Gasteiger partial charge is 0.0443 e. The van der Waals surface area contributed by atoms with E-state index in [0.717, 1.165) is 12.5 Å². The van der Waals surface area contributed by atoms with Crippen molar-refractivity contribution >= 4 is 11.3 Å². The Balaban J connectivity index is 2.93. The zero-order valence-electron chi connectivity index (χ0n) is 13.5. The Morgan fingerprint density at radius 2 is 1.74 bits per heavy atom. The molecule has 0 aliphatic heterocycles. The van der Waals surface area contributed by atoms with E-state index in [9.17, 15) is 0 Å². The largest absolute Gasteiger partial charge is 0.309 e. The predicted molar refractivity (Wildman–Crippen MR) is 88.1 cm³/mol. The maximum absolute atomic E-state index is 3.76. The Kier molecular flexibility index (Phi) is 6.55. The van der Waals surface area contributed by atoms with E-state index in [0.29, 0.717) is 6.04 Å². The van der Waals surface area contributed by atoms with Gasteiger partial charge in [0.15, 0.2) is 0 Å². The van der Waals surface area contributed by atoms with E-state index < -0.39 is 0 Å². The van der Waals surface area contributed by atoms with Gasteiger partial charge in [0.1, 0.15) is 0 Å². The average molecular weight is 282 g/mol. The molecule has 110 valence electrons. The molecule has 19 heavy (non-hydrogen) atoms. The molecule has 1 rings (SSSR count). The molecule has 0 radical (unpaired) electrons. The molecule has 1 aromatic rings. The van der Waals surface area contributed by atoms with Crippen LogP contribution in [-0.4, -0.2) is 6.54 Å². The topological polar surface area (TPSA) is 12.0 Å². The van der Waals surface area contributed by atoms with Crippen LogP contribution in [0.1, 0.15) is 76.6 Å². The zero-order valence-corrected chi connectivity index (χ0v) is 14.4. The molecule has 0 aliphatic carbocycles. The molecular weight excluding hydrogens is 250 g/mol. The highest BCUT2D eigenvalue weighted by atomic mass is 32.1. The Hall–Kier alpha value is -0.340. The molecule has 0 bridgehead atoms. The SMILES string of the molecule is CCCNC(c1ccc(C(C)(C)C)s1)C(CC)CC. The fourth-order valence-corrected chi connectivity index (χ4v) is 3.72. The van der Waals surface area contributed by atoms with Crippen LogP contribution in [0.15, 0.2) is 12.1 Å². The second-order valence-corrected chi connectivity index (χ2v) is 7.58. The maximum Gasteiger partial charge on any atom is 0.0443 e. The van der Waals surface area contributed by atoms with Gasteiger partial charge in [-0.05, 0) is 36.4 Å². The van der Waals surface area contributed by atoms with Crippen LogP contribution in [-0.2, 0) is 5.41 Å². The number of rotatable bonds is 7. The minimum Gasteiger partial charge on any atom is -0.309 e. The molecule has 1 unspecified atom stereocenters. The third-order valence-corrected chi connectivity index (χ3v) is 5.40. The second-order valence-electron chi connectivity index (χ2n) is 6.46. The number of hydrogen-bond donors (Lipinski definition) is 1. The fourth-order valence-electron chi connectivity index (χ4n) is 2.48.